The fourth-order valence-electron chi connectivity index (χ4n) is 0. The van der Waals surface area contributed by atoms with E-state index in [1.54, 1.807) is 6.20 Å². The van der Waals surface area contributed by atoms with E-state index in [9.17, 15) is 4.79 Å². The molecule has 0 atom stereocenters. The summed E-state index contributed by atoms with van der Waals surface area (Å²) in [4.78, 5) is 9.60. The summed E-state index contributed by atoms with van der Waals surface area (Å²) in [7, 11) is 1.81. The molecular formula is C7H13NO2. The van der Waals surface area contributed by atoms with Crippen molar-refractivity contribution >= 4 is 5.97 Å². The van der Waals surface area contributed by atoms with Crippen LogP contribution in [0.5, 0.6) is 0 Å². The van der Waals surface area contributed by atoms with Gasteiger partial charge in [-0.05, 0) is 13.1 Å². The molecule has 0 rings (SSSR count). The van der Waals surface area contributed by atoms with Gasteiger partial charge in [0.15, 0.2) is 0 Å². The molecule has 0 aliphatic rings. The van der Waals surface area contributed by atoms with Crippen LogP contribution >= 0.6 is 0 Å². The van der Waals surface area contributed by atoms with Crippen LogP contribution in [0.1, 0.15) is 6.92 Å². The third-order valence-corrected chi connectivity index (χ3v) is 0.569. The van der Waals surface area contributed by atoms with Crippen molar-refractivity contribution in [2.45, 2.75) is 6.92 Å². The molecule has 0 spiro atoms. The first kappa shape index (κ1) is 11.5. The molecule has 0 aromatic carbocycles. The van der Waals surface area contributed by atoms with E-state index in [1.807, 2.05) is 7.05 Å². The second kappa shape index (κ2) is 7.75. The number of carboxylic acids is 1. The molecule has 58 valence electrons. The zero-order chi connectivity index (χ0) is 8.57. The minimum absolute atomic E-state index is 0.176. The molecule has 0 bridgehead atoms. The normalized spacial score (nSPS) is 6.60. The lowest BCUT2D eigenvalue weighted by molar-refractivity contribution is -0.132. The first-order valence-electron chi connectivity index (χ1n) is 2.73. The molecular weight excluding hydrogens is 130 g/mol. The topological polar surface area (TPSA) is 49.3 Å². The van der Waals surface area contributed by atoms with Crippen LogP contribution in [0.2, 0.25) is 0 Å². The monoisotopic (exact) mass is 143 g/mol. The van der Waals surface area contributed by atoms with Crippen molar-refractivity contribution in [2.75, 3.05) is 7.05 Å². The molecule has 0 aliphatic carbocycles. The molecule has 0 heterocycles. The number of rotatable bonds is 2. The number of hydrogen-bond acceptors (Lipinski definition) is 2. The van der Waals surface area contributed by atoms with Crippen molar-refractivity contribution in [3.05, 3.63) is 24.9 Å². The fourth-order valence-corrected chi connectivity index (χ4v) is 0. The molecule has 0 fully saturated rings. The van der Waals surface area contributed by atoms with Gasteiger partial charge in [0.25, 0.3) is 0 Å². The van der Waals surface area contributed by atoms with Crippen molar-refractivity contribution < 1.29 is 9.90 Å². The Morgan fingerprint density at radius 3 is 1.90 bits per heavy atom. The maximum absolute atomic E-state index is 9.60. The molecule has 0 amide bonds. The number of carbonyl (C=O) groups is 1. The molecule has 2 N–H and O–H groups in total. The van der Waals surface area contributed by atoms with Gasteiger partial charge >= 0.3 is 5.97 Å². The molecule has 0 saturated carbocycles. The summed E-state index contributed by atoms with van der Waals surface area (Å²) in [5.41, 5.74) is 0.176. The number of hydrogen-bond donors (Lipinski definition) is 2. The third kappa shape index (κ3) is 15.9. The van der Waals surface area contributed by atoms with Crippen molar-refractivity contribution in [1.82, 2.24) is 5.32 Å². The number of nitrogens with one attached hydrogen (secondary N) is 1. The Morgan fingerprint density at radius 2 is 1.90 bits per heavy atom. The van der Waals surface area contributed by atoms with Crippen LogP contribution in [0.3, 0.4) is 0 Å². The Morgan fingerprint density at radius 1 is 1.70 bits per heavy atom. The van der Waals surface area contributed by atoms with Crippen LogP contribution in [0.4, 0.5) is 0 Å². The van der Waals surface area contributed by atoms with Gasteiger partial charge in [-0.1, -0.05) is 13.2 Å². The van der Waals surface area contributed by atoms with Crippen LogP contribution in [0.15, 0.2) is 24.9 Å². The van der Waals surface area contributed by atoms with Gasteiger partial charge in [0, 0.05) is 12.6 Å². The molecule has 0 aliphatic heterocycles. The van der Waals surface area contributed by atoms with E-state index in [1.165, 1.54) is 6.92 Å². The van der Waals surface area contributed by atoms with Gasteiger partial charge in [0.2, 0.25) is 0 Å². The predicted octanol–water partition coefficient (Wildman–Crippen LogP) is 0.996. The van der Waals surface area contributed by atoms with E-state index in [0.29, 0.717) is 0 Å². The molecule has 0 aromatic rings. The third-order valence-electron chi connectivity index (χ3n) is 0.569. The Bertz CT molecular complexity index is 118. The van der Waals surface area contributed by atoms with Crippen LogP contribution in [-0.4, -0.2) is 18.1 Å². The van der Waals surface area contributed by atoms with Crippen LogP contribution in [0.25, 0.3) is 0 Å². The van der Waals surface area contributed by atoms with Gasteiger partial charge in [-0.15, -0.1) is 0 Å². The fraction of sp³-hybridized carbons (Fsp3) is 0.286. The molecule has 0 aromatic heterocycles. The second-order valence-electron chi connectivity index (χ2n) is 1.58. The highest BCUT2D eigenvalue weighted by atomic mass is 16.4. The standard InChI is InChI=1S/C4H6O2.C3H7N/c1-3(2)4(5)6;1-3-4-2/h1H2,2H3,(H,5,6);3-4H,1H2,2H3. The van der Waals surface area contributed by atoms with E-state index >= 15 is 0 Å². The summed E-state index contributed by atoms with van der Waals surface area (Å²) >= 11 is 0. The molecule has 0 unspecified atom stereocenters. The van der Waals surface area contributed by atoms with Crippen LogP contribution < -0.4 is 5.32 Å². The van der Waals surface area contributed by atoms with Gasteiger partial charge < -0.3 is 10.4 Å². The summed E-state index contributed by atoms with van der Waals surface area (Å²) in [6.07, 6.45) is 1.62. The van der Waals surface area contributed by atoms with E-state index in [4.69, 9.17) is 5.11 Å². The Hall–Kier alpha value is -1.25. The predicted molar refractivity (Wildman–Crippen MR) is 41.7 cm³/mol. The smallest absolute Gasteiger partial charge is 0.330 e. The second-order valence-corrected chi connectivity index (χ2v) is 1.58. The molecule has 0 saturated heterocycles. The number of aliphatic carboxylic acids is 1. The van der Waals surface area contributed by atoms with E-state index < -0.39 is 5.97 Å². The zero-order valence-corrected chi connectivity index (χ0v) is 6.35. The van der Waals surface area contributed by atoms with Gasteiger partial charge in [0.05, 0.1) is 0 Å². The first-order chi connectivity index (χ1) is 4.56. The van der Waals surface area contributed by atoms with E-state index in [-0.39, 0.29) is 5.57 Å². The van der Waals surface area contributed by atoms with Gasteiger partial charge in [-0.3, -0.25) is 0 Å². The molecule has 0 radical (unpaired) electrons. The minimum Gasteiger partial charge on any atom is -0.478 e. The van der Waals surface area contributed by atoms with Crippen molar-refractivity contribution in [3.8, 4) is 0 Å². The lowest BCUT2D eigenvalue weighted by Crippen LogP contribution is -1.92. The lowest BCUT2D eigenvalue weighted by Gasteiger charge is -1.79. The quantitative estimate of drug-likeness (QED) is 0.567. The van der Waals surface area contributed by atoms with E-state index in [2.05, 4.69) is 18.5 Å². The summed E-state index contributed by atoms with van der Waals surface area (Å²) in [6, 6.07) is 0. The summed E-state index contributed by atoms with van der Waals surface area (Å²) in [5.74, 6) is -0.935. The van der Waals surface area contributed by atoms with Crippen molar-refractivity contribution in [3.63, 3.8) is 0 Å². The van der Waals surface area contributed by atoms with Crippen LogP contribution in [-0.2, 0) is 4.79 Å². The lowest BCUT2D eigenvalue weighted by atomic mass is 10.4. The molecule has 3 nitrogen and oxygen atoms in total. The maximum atomic E-state index is 9.60. The Kier molecular flexibility index (Phi) is 8.94. The minimum atomic E-state index is -0.935. The highest BCUT2D eigenvalue weighted by Crippen LogP contribution is 1.81. The Balaban J connectivity index is 0. The SMILES string of the molecule is C=C(C)C(=O)O.C=CNC. The van der Waals surface area contributed by atoms with E-state index in [0.717, 1.165) is 0 Å². The molecule has 3 heteroatoms. The summed E-state index contributed by atoms with van der Waals surface area (Å²) in [5, 5.41) is 10.6. The van der Waals surface area contributed by atoms with Gasteiger partial charge in [-0.25, -0.2) is 4.79 Å². The van der Waals surface area contributed by atoms with Crippen molar-refractivity contribution in [2.24, 2.45) is 0 Å². The zero-order valence-electron chi connectivity index (χ0n) is 6.35. The first-order valence-corrected chi connectivity index (χ1v) is 2.73. The van der Waals surface area contributed by atoms with Crippen LogP contribution in [0, 0.1) is 0 Å². The van der Waals surface area contributed by atoms with Gasteiger partial charge in [0.1, 0.15) is 0 Å². The average Bonchev–Trinajstić information content (AvgIpc) is 1.89. The largest absolute Gasteiger partial charge is 0.478 e. The average molecular weight is 143 g/mol. The highest BCUT2D eigenvalue weighted by Gasteiger charge is 1.90. The highest BCUT2D eigenvalue weighted by molar-refractivity contribution is 5.84. The summed E-state index contributed by atoms with van der Waals surface area (Å²) < 4.78 is 0. The molecule has 10 heavy (non-hydrogen) atoms. The maximum Gasteiger partial charge on any atom is 0.330 e. The van der Waals surface area contributed by atoms with Gasteiger partial charge in [-0.2, -0.15) is 0 Å². The number of carboxylic acid groups (broad SMARTS) is 1. The Labute approximate surface area is 61.1 Å². The summed E-state index contributed by atoms with van der Waals surface area (Å²) in [6.45, 7) is 7.97. The van der Waals surface area contributed by atoms with Crippen molar-refractivity contribution in [1.29, 1.82) is 0 Å².